The summed E-state index contributed by atoms with van der Waals surface area (Å²) in [5, 5.41) is 3.40. The fraction of sp³-hybridized carbons (Fsp3) is 1.00. The highest BCUT2D eigenvalue weighted by molar-refractivity contribution is 4.82. The van der Waals surface area contributed by atoms with Crippen LogP contribution in [0.15, 0.2) is 0 Å². The summed E-state index contributed by atoms with van der Waals surface area (Å²) in [6, 6.07) is 0. The molecule has 0 amide bonds. The first-order valence-electron chi connectivity index (χ1n) is 5.97. The van der Waals surface area contributed by atoms with E-state index in [4.69, 9.17) is 4.74 Å². The molecule has 1 aliphatic rings. The molecule has 2 heteroatoms. The van der Waals surface area contributed by atoms with Gasteiger partial charge in [-0.1, -0.05) is 13.8 Å². The lowest BCUT2D eigenvalue weighted by Gasteiger charge is -2.34. The number of hydrogen-bond donors (Lipinski definition) is 1. The van der Waals surface area contributed by atoms with Crippen LogP contribution in [0.2, 0.25) is 0 Å². The van der Waals surface area contributed by atoms with Gasteiger partial charge in [-0.05, 0) is 45.1 Å². The van der Waals surface area contributed by atoms with Gasteiger partial charge in [0.1, 0.15) is 0 Å². The first-order chi connectivity index (χ1) is 6.62. The van der Waals surface area contributed by atoms with Gasteiger partial charge in [-0.25, -0.2) is 0 Å². The Hall–Kier alpha value is -0.0800. The summed E-state index contributed by atoms with van der Waals surface area (Å²) in [5.74, 6) is 0.802. The summed E-state index contributed by atoms with van der Waals surface area (Å²) in [6.07, 6.45) is 4.94. The Morgan fingerprint density at radius 1 is 1.43 bits per heavy atom. The second-order valence-electron chi connectivity index (χ2n) is 5.11. The lowest BCUT2D eigenvalue weighted by Crippen LogP contribution is -2.45. The quantitative estimate of drug-likeness (QED) is 0.687. The second-order valence-corrected chi connectivity index (χ2v) is 5.11. The standard InChI is InChI=1S/C12H25NO/c1-11(2)6-4-9-14-12(3)7-5-8-13-10-12/h11,13H,4-10H2,1-3H3. The molecule has 0 aromatic carbocycles. The van der Waals surface area contributed by atoms with Crippen LogP contribution in [0.1, 0.15) is 46.5 Å². The van der Waals surface area contributed by atoms with Crippen LogP contribution in [0.5, 0.6) is 0 Å². The van der Waals surface area contributed by atoms with Crippen molar-refractivity contribution >= 4 is 0 Å². The maximum Gasteiger partial charge on any atom is 0.0778 e. The average Bonchev–Trinajstić information content (AvgIpc) is 2.14. The van der Waals surface area contributed by atoms with Crippen molar-refractivity contribution < 1.29 is 4.74 Å². The largest absolute Gasteiger partial charge is 0.374 e. The topological polar surface area (TPSA) is 21.3 Å². The molecule has 0 spiro atoms. The smallest absolute Gasteiger partial charge is 0.0778 e. The fourth-order valence-electron chi connectivity index (χ4n) is 1.96. The summed E-state index contributed by atoms with van der Waals surface area (Å²) in [5.41, 5.74) is 0.106. The highest BCUT2D eigenvalue weighted by Gasteiger charge is 2.26. The van der Waals surface area contributed by atoms with Crippen molar-refractivity contribution in [3.05, 3.63) is 0 Å². The van der Waals surface area contributed by atoms with E-state index in [0.717, 1.165) is 25.6 Å². The van der Waals surface area contributed by atoms with Crippen molar-refractivity contribution in [2.75, 3.05) is 19.7 Å². The Kier molecular flexibility index (Phi) is 4.90. The van der Waals surface area contributed by atoms with E-state index in [2.05, 4.69) is 26.1 Å². The molecule has 0 radical (unpaired) electrons. The second kappa shape index (κ2) is 5.72. The highest BCUT2D eigenvalue weighted by atomic mass is 16.5. The molecule has 1 N–H and O–H groups in total. The molecule has 1 saturated heterocycles. The summed E-state index contributed by atoms with van der Waals surface area (Å²) in [4.78, 5) is 0. The van der Waals surface area contributed by atoms with Gasteiger partial charge in [-0.15, -0.1) is 0 Å². The van der Waals surface area contributed by atoms with E-state index in [-0.39, 0.29) is 5.60 Å². The predicted octanol–water partition coefficient (Wildman–Crippen LogP) is 2.58. The van der Waals surface area contributed by atoms with Crippen LogP contribution >= 0.6 is 0 Å². The van der Waals surface area contributed by atoms with Gasteiger partial charge in [0.25, 0.3) is 0 Å². The number of rotatable bonds is 5. The molecule has 1 fully saturated rings. The van der Waals surface area contributed by atoms with Gasteiger partial charge < -0.3 is 10.1 Å². The lowest BCUT2D eigenvalue weighted by molar-refractivity contribution is -0.0484. The number of ether oxygens (including phenoxy) is 1. The molecule has 1 unspecified atom stereocenters. The van der Waals surface area contributed by atoms with Crippen LogP contribution in [0.25, 0.3) is 0 Å². The van der Waals surface area contributed by atoms with Gasteiger partial charge >= 0.3 is 0 Å². The molecule has 0 aromatic heterocycles. The maximum atomic E-state index is 5.96. The van der Waals surface area contributed by atoms with E-state index < -0.39 is 0 Å². The van der Waals surface area contributed by atoms with E-state index in [0.29, 0.717) is 0 Å². The zero-order valence-electron chi connectivity index (χ0n) is 9.94. The summed E-state index contributed by atoms with van der Waals surface area (Å²) < 4.78 is 5.96. The zero-order valence-corrected chi connectivity index (χ0v) is 9.94. The molecule has 14 heavy (non-hydrogen) atoms. The molecule has 1 heterocycles. The third kappa shape index (κ3) is 4.43. The molecule has 0 aromatic rings. The third-order valence-corrected chi connectivity index (χ3v) is 2.93. The van der Waals surface area contributed by atoms with Gasteiger partial charge in [-0.2, -0.15) is 0 Å². The van der Waals surface area contributed by atoms with Gasteiger partial charge in [-0.3, -0.25) is 0 Å². The first-order valence-corrected chi connectivity index (χ1v) is 5.97. The van der Waals surface area contributed by atoms with Crippen LogP contribution in [0, 0.1) is 5.92 Å². The van der Waals surface area contributed by atoms with Crippen LogP contribution in [0.4, 0.5) is 0 Å². The molecule has 1 rings (SSSR count). The van der Waals surface area contributed by atoms with E-state index in [1.54, 1.807) is 0 Å². The minimum absolute atomic E-state index is 0.106. The summed E-state index contributed by atoms with van der Waals surface area (Å²) >= 11 is 0. The maximum absolute atomic E-state index is 5.96. The van der Waals surface area contributed by atoms with E-state index in [9.17, 15) is 0 Å². The van der Waals surface area contributed by atoms with Crippen LogP contribution in [0.3, 0.4) is 0 Å². The van der Waals surface area contributed by atoms with Gasteiger partial charge in [0.2, 0.25) is 0 Å². The monoisotopic (exact) mass is 199 g/mol. The minimum Gasteiger partial charge on any atom is -0.374 e. The Morgan fingerprint density at radius 2 is 2.21 bits per heavy atom. The molecular weight excluding hydrogens is 174 g/mol. The Bertz CT molecular complexity index is 150. The summed E-state index contributed by atoms with van der Waals surface area (Å²) in [6.45, 7) is 9.87. The van der Waals surface area contributed by atoms with E-state index >= 15 is 0 Å². The van der Waals surface area contributed by atoms with Crippen molar-refractivity contribution in [2.24, 2.45) is 5.92 Å². The van der Waals surface area contributed by atoms with Crippen molar-refractivity contribution in [1.29, 1.82) is 0 Å². The zero-order chi connectivity index (χ0) is 10.4. The van der Waals surface area contributed by atoms with Crippen molar-refractivity contribution in [1.82, 2.24) is 5.32 Å². The van der Waals surface area contributed by atoms with E-state index in [1.807, 2.05) is 0 Å². The van der Waals surface area contributed by atoms with Gasteiger partial charge in [0.15, 0.2) is 0 Å². The number of piperidine rings is 1. The van der Waals surface area contributed by atoms with E-state index in [1.165, 1.54) is 25.7 Å². The average molecular weight is 199 g/mol. The number of hydrogen-bond acceptors (Lipinski definition) is 2. The molecule has 2 nitrogen and oxygen atoms in total. The van der Waals surface area contributed by atoms with Gasteiger partial charge in [0.05, 0.1) is 5.60 Å². The Labute approximate surface area is 88.4 Å². The molecule has 0 saturated carbocycles. The SMILES string of the molecule is CC(C)CCCOC1(C)CCCNC1. The molecule has 1 aliphatic heterocycles. The predicted molar refractivity (Wildman–Crippen MR) is 60.5 cm³/mol. The first kappa shape index (κ1) is 12.0. The van der Waals surface area contributed by atoms with Crippen LogP contribution in [-0.4, -0.2) is 25.3 Å². The minimum atomic E-state index is 0.106. The Morgan fingerprint density at radius 3 is 2.79 bits per heavy atom. The normalized spacial score (nSPS) is 28.3. The van der Waals surface area contributed by atoms with Crippen molar-refractivity contribution in [3.8, 4) is 0 Å². The van der Waals surface area contributed by atoms with Crippen molar-refractivity contribution in [2.45, 2.75) is 52.1 Å². The molecular formula is C12H25NO. The fourth-order valence-corrected chi connectivity index (χ4v) is 1.96. The molecule has 84 valence electrons. The molecule has 0 aliphatic carbocycles. The molecule has 0 bridgehead atoms. The van der Waals surface area contributed by atoms with Crippen LogP contribution in [-0.2, 0) is 4.74 Å². The molecule has 1 atom stereocenters. The Balaban J connectivity index is 2.09. The lowest BCUT2D eigenvalue weighted by atomic mass is 9.96. The van der Waals surface area contributed by atoms with Gasteiger partial charge in [0, 0.05) is 13.2 Å². The highest BCUT2D eigenvalue weighted by Crippen LogP contribution is 2.20. The number of nitrogens with one attached hydrogen (secondary N) is 1. The third-order valence-electron chi connectivity index (χ3n) is 2.93. The summed E-state index contributed by atoms with van der Waals surface area (Å²) in [7, 11) is 0. The van der Waals surface area contributed by atoms with Crippen LogP contribution < -0.4 is 5.32 Å². The van der Waals surface area contributed by atoms with Crippen molar-refractivity contribution in [3.63, 3.8) is 0 Å².